The number of rotatable bonds is 3. The number of hydrogen-bond acceptors (Lipinski definition) is 3. The zero-order valence-electron chi connectivity index (χ0n) is 11.3. The number of nitrogens with zero attached hydrogens (tertiary/aromatic N) is 1. The Labute approximate surface area is 123 Å². The molecule has 0 aromatic heterocycles. The highest BCUT2D eigenvalue weighted by molar-refractivity contribution is 7.80. The molecule has 0 heterocycles. The lowest BCUT2D eigenvalue weighted by Crippen LogP contribution is -2.36. The third-order valence-corrected chi connectivity index (χ3v) is 4.01. The lowest BCUT2D eigenvalue weighted by atomic mass is 9.74. The molecule has 0 radical (unpaired) electrons. The average molecular weight is 287 g/mol. The second-order valence-corrected chi connectivity index (χ2v) is 5.44. The molecule has 0 unspecified atom stereocenters. The zero-order chi connectivity index (χ0) is 13.9. The molecule has 2 N–H and O–H groups in total. The third kappa shape index (κ3) is 2.67. The van der Waals surface area contributed by atoms with Crippen LogP contribution < -0.4 is 15.5 Å². The van der Waals surface area contributed by atoms with Crippen LogP contribution in [-0.2, 0) is 0 Å². The number of methoxy groups -OCH3 is 1. The molecule has 20 heavy (non-hydrogen) atoms. The maximum absolute atomic E-state index is 5.23. The van der Waals surface area contributed by atoms with E-state index in [2.05, 4.69) is 28.0 Å². The Bertz CT molecular complexity index is 565. The third-order valence-electron chi connectivity index (χ3n) is 3.81. The number of nitrogens with one attached hydrogen (secondary N) is 2. The Morgan fingerprint density at radius 2 is 2.15 bits per heavy atom. The topological polar surface area (TPSA) is 45.6 Å². The predicted octanol–water partition coefficient (Wildman–Crippen LogP) is 2.93. The second-order valence-electron chi connectivity index (χ2n) is 5.04. The van der Waals surface area contributed by atoms with Gasteiger partial charge in [0.1, 0.15) is 5.75 Å². The van der Waals surface area contributed by atoms with Crippen molar-refractivity contribution in [2.45, 2.75) is 12.8 Å². The van der Waals surface area contributed by atoms with E-state index in [-0.39, 0.29) is 0 Å². The van der Waals surface area contributed by atoms with Gasteiger partial charge in [0, 0.05) is 17.3 Å². The van der Waals surface area contributed by atoms with Gasteiger partial charge in [-0.25, -0.2) is 0 Å². The monoisotopic (exact) mass is 287 g/mol. The van der Waals surface area contributed by atoms with Crippen molar-refractivity contribution in [1.82, 2.24) is 5.43 Å². The van der Waals surface area contributed by atoms with Crippen LogP contribution in [0.2, 0.25) is 0 Å². The molecule has 1 fully saturated rings. The number of fused-ring (bicyclic) bond motifs is 1. The van der Waals surface area contributed by atoms with Crippen LogP contribution in [0.1, 0.15) is 12.8 Å². The summed E-state index contributed by atoms with van der Waals surface area (Å²) in [6, 6.07) is 7.61. The molecule has 2 atom stereocenters. The summed E-state index contributed by atoms with van der Waals surface area (Å²) in [6.45, 7) is 0. The van der Waals surface area contributed by atoms with E-state index in [1.54, 1.807) is 7.11 Å². The molecule has 2 aliphatic rings. The smallest absolute Gasteiger partial charge is 0.191 e. The van der Waals surface area contributed by atoms with Crippen molar-refractivity contribution in [2.24, 2.45) is 16.9 Å². The molecule has 0 spiro atoms. The lowest BCUT2D eigenvalue weighted by Gasteiger charge is -2.31. The summed E-state index contributed by atoms with van der Waals surface area (Å²) >= 11 is 5.23. The van der Waals surface area contributed by atoms with Crippen LogP contribution in [0.5, 0.6) is 5.75 Å². The van der Waals surface area contributed by atoms with Crippen molar-refractivity contribution in [2.75, 3.05) is 12.4 Å². The molecule has 1 aromatic carbocycles. The van der Waals surface area contributed by atoms with Crippen LogP contribution in [0.15, 0.2) is 41.5 Å². The molecule has 2 aliphatic carbocycles. The Balaban J connectivity index is 1.51. The van der Waals surface area contributed by atoms with E-state index in [1.807, 2.05) is 24.3 Å². The zero-order valence-corrected chi connectivity index (χ0v) is 12.1. The fourth-order valence-electron chi connectivity index (χ4n) is 2.62. The van der Waals surface area contributed by atoms with Gasteiger partial charge in [-0.2, -0.15) is 5.10 Å². The number of hydrazone groups is 1. The first kappa shape index (κ1) is 13.1. The van der Waals surface area contributed by atoms with Gasteiger partial charge in [0.25, 0.3) is 0 Å². The quantitative estimate of drug-likeness (QED) is 0.510. The fourth-order valence-corrected chi connectivity index (χ4v) is 2.78. The Morgan fingerprint density at radius 3 is 2.85 bits per heavy atom. The summed E-state index contributed by atoms with van der Waals surface area (Å²) in [5.74, 6) is 2.13. The number of allylic oxidation sites excluding steroid dienone is 2. The maximum atomic E-state index is 5.23. The number of hydrogen-bond donors (Lipinski definition) is 2. The van der Waals surface area contributed by atoms with Crippen molar-refractivity contribution in [1.29, 1.82) is 0 Å². The maximum Gasteiger partial charge on any atom is 0.191 e. The van der Waals surface area contributed by atoms with Gasteiger partial charge >= 0.3 is 0 Å². The van der Waals surface area contributed by atoms with Crippen molar-refractivity contribution in [3.8, 4) is 5.75 Å². The van der Waals surface area contributed by atoms with E-state index >= 15 is 0 Å². The van der Waals surface area contributed by atoms with Gasteiger partial charge in [-0.1, -0.05) is 12.2 Å². The first-order chi connectivity index (χ1) is 9.76. The SMILES string of the molecule is COc1ccc(NC(=S)N/N=C2/C[C@H]3C=CC[C@H]23)cc1. The molecule has 3 rings (SSSR count). The van der Waals surface area contributed by atoms with Gasteiger partial charge in [0.2, 0.25) is 0 Å². The lowest BCUT2D eigenvalue weighted by molar-refractivity contribution is 0.415. The van der Waals surface area contributed by atoms with Crippen molar-refractivity contribution in [3.05, 3.63) is 36.4 Å². The van der Waals surface area contributed by atoms with Crippen LogP contribution in [0.25, 0.3) is 0 Å². The molecule has 0 saturated heterocycles. The van der Waals surface area contributed by atoms with E-state index in [1.165, 1.54) is 5.71 Å². The molecule has 0 bridgehead atoms. The molecule has 0 amide bonds. The first-order valence-electron chi connectivity index (χ1n) is 6.70. The van der Waals surface area contributed by atoms with E-state index in [9.17, 15) is 0 Å². The summed E-state index contributed by atoms with van der Waals surface area (Å²) in [5.41, 5.74) is 5.06. The Kier molecular flexibility index (Phi) is 3.69. The summed E-state index contributed by atoms with van der Waals surface area (Å²) in [7, 11) is 1.65. The predicted molar refractivity (Wildman–Crippen MR) is 85.1 cm³/mol. The van der Waals surface area contributed by atoms with Crippen LogP contribution >= 0.6 is 12.2 Å². The standard InChI is InChI=1S/C15H17N3OS/c1-19-12-7-5-11(6-8-12)16-15(20)18-17-14-9-10-3-2-4-13(10)14/h2-3,5-8,10,13H,4,9H2,1H3,(H2,16,18,20)/b17-14-/t10-,13+/m1/s1. The molecule has 1 aromatic rings. The molecule has 4 nitrogen and oxygen atoms in total. The van der Waals surface area contributed by atoms with E-state index in [4.69, 9.17) is 17.0 Å². The van der Waals surface area contributed by atoms with Gasteiger partial charge in [0.05, 0.1) is 7.11 Å². The van der Waals surface area contributed by atoms with Crippen molar-refractivity contribution in [3.63, 3.8) is 0 Å². The number of anilines is 1. The summed E-state index contributed by atoms with van der Waals surface area (Å²) in [4.78, 5) is 0. The molecule has 0 aliphatic heterocycles. The minimum atomic E-state index is 0.511. The highest BCUT2D eigenvalue weighted by Crippen LogP contribution is 2.40. The number of benzene rings is 1. The van der Waals surface area contributed by atoms with E-state index in [0.29, 0.717) is 16.9 Å². The van der Waals surface area contributed by atoms with Crippen LogP contribution in [0, 0.1) is 11.8 Å². The molecular weight excluding hydrogens is 270 g/mol. The van der Waals surface area contributed by atoms with Crippen LogP contribution in [0.4, 0.5) is 5.69 Å². The fraction of sp³-hybridized carbons (Fsp3) is 0.333. The van der Waals surface area contributed by atoms with Crippen LogP contribution in [-0.4, -0.2) is 17.9 Å². The highest BCUT2D eigenvalue weighted by Gasteiger charge is 2.37. The summed E-state index contributed by atoms with van der Waals surface area (Å²) in [5, 5.41) is 8.01. The van der Waals surface area contributed by atoms with Gasteiger partial charge in [-0.15, -0.1) is 0 Å². The Hall–Kier alpha value is -1.88. The van der Waals surface area contributed by atoms with Crippen molar-refractivity contribution >= 4 is 28.7 Å². The van der Waals surface area contributed by atoms with Gasteiger partial charge < -0.3 is 10.1 Å². The second kappa shape index (κ2) is 5.63. The minimum Gasteiger partial charge on any atom is -0.497 e. The number of thiocarbonyl (C=S) groups is 1. The molecule has 104 valence electrons. The van der Waals surface area contributed by atoms with Gasteiger partial charge in [-0.05, 0) is 55.2 Å². The number of ether oxygens (including phenoxy) is 1. The summed E-state index contributed by atoms with van der Waals surface area (Å²) < 4.78 is 5.11. The van der Waals surface area contributed by atoms with Crippen molar-refractivity contribution < 1.29 is 4.74 Å². The van der Waals surface area contributed by atoms with E-state index < -0.39 is 0 Å². The first-order valence-corrected chi connectivity index (χ1v) is 7.11. The molecular formula is C15H17N3OS. The van der Waals surface area contributed by atoms with Gasteiger partial charge in [0.15, 0.2) is 5.11 Å². The average Bonchev–Trinajstić information content (AvgIpc) is 2.81. The largest absolute Gasteiger partial charge is 0.497 e. The van der Waals surface area contributed by atoms with Crippen LogP contribution in [0.3, 0.4) is 0 Å². The minimum absolute atomic E-state index is 0.511. The normalized spacial score (nSPS) is 24.9. The molecule has 1 saturated carbocycles. The van der Waals surface area contributed by atoms with Gasteiger partial charge in [-0.3, -0.25) is 5.43 Å². The summed E-state index contributed by atoms with van der Waals surface area (Å²) in [6.07, 6.45) is 6.70. The molecule has 5 heteroatoms. The van der Waals surface area contributed by atoms with E-state index in [0.717, 1.165) is 24.3 Å². The Morgan fingerprint density at radius 1 is 1.35 bits per heavy atom. The highest BCUT2D eigenvalue weighted by atomic mass is 32.1.